The molecule has 0 aliphatic carbocycles. The van der Waals surface area contributed by atoms with Crippen LogP contribution >= 0.6 is 0 Å². The number of aryl methyl sites for hydroxylation is 1. The van der Waals surface area contributed by atoms with Crippen LogP contribution in [0, 0.1) is 17.0 Å². The maximum atomic E-state index is 11.7. The maximum absolute atomic E-state index is 11.7. The monoisotopic (exact) mass is 235 g/mol. The standard InChI is InChI=1S/C9H9N5O3/c1-5-4-10-13-8(5)12-9(15)6-2-3-7(11-6)14(16)17/h2-4,11H,1H3,(H2,10,12,13,15). The highest BCUT2D eigenvalue weighted by Crippen LogP contribution is 2.13. The van der Waals surface area contributed by atoms with Crippen molar-refractivity contribution in [2.24, 2.45) is 0 Å². The summed E-state index contributed by atoms with van der Waals surface area (Å²) in [5, 5.41) is 19.3. The molecule has 0 saturated carbocycles. The fourth-order valence-electron chi connectivity index (χ4n) is 1.28. The predicted octanol–water partition coefficient (Wildman–Crippen LogP) is 1.21. The van der Waals surface area contributed by atoms with E-state index in [9.17, 15) is 14.9 Å². The molecule has 8 nitrogen and oxygen atoms in total. The van der Waals surface area contributed by atoms with E-state index in [0.29, 0.717) is 5.82 Å². The molecular formula is C9H9N5O3. The summed E-state index contributed by atoms with van der Waals surface area (Å²) < 4.78 is 0. The summed E-state index contributed by atoms with van der Waals surface area (Å²) in [7, 11) is 0. The number of carbonyl (C=O) groups is 1. The minimum absolute atomic E-state index is 0.116. The topological polar surface area (TPSA) is 117 Å². The van der Waals surface area contributed by atoms with E-state index in [1.807, 2.05) is 0 Å². The number of H-pyrrole nitrogens is 2. The first-order chi connectivity index (χ1) is 8.08. The molecule has 0 spiro atoms. The van der Waals surface area contributed by atoms with Gasteiger partial charge in [0.15, 0.2) is 5.69 Å². The second kappa shape index (κ2) is 4.08. The molecule has 1 amide bonds. The second-order valence-corrected chi connectivity index (χ2v) is 3.40. The van der Waals surface area contributed by atoms with Gasteiger partial charge < -0.3 is 15.4 Å². The van der Waals surface area contributed by atoms with Gasteiger partial charge in [0, 0.05) is 11.6 Å². The minimum atomic E-state index is -0.599. The van der Waals surface area contributed by atoms with Crippen LogP contribution in [0.3, 0.4) is 0 Å². The highest BCUT2D eigenvalue weighted by molar-refractivity contribution is 6.03. The van der Waals surface area contributed by atoms with E-state index in [1.54, 1.807) is 13.1 Å². The lowest BCUT2D eigenvalue weighted by Crippen LogP contribution is -2.13. The molecule has 0 fully saturated rings. The normalized spacial score (nSPS) is 10.2. The number of carbonyl (C=O) groups excluding carboxylic acids is 1. The molecule has 2 rings (SSSR count). The van der Waals surface area contributed by atoms with Gasteiger partial charge in [0.2, 0.25) is 0 Å². The molecule has 3 N–H and O–H groups in total. The summed E-state index contributed by atoms with van der Waals surface area (Å²) in [5.41, 5.74) is 0.894. The van der Waals surface area contributed by atoms with Crippen LogP contribution in [0.2, 0.25) is 0 Å². The largest absolute Gasteiger partial charge is 0.358 e. The van der Waals surface area contributed by atoms with Gasteiger partial charge in [0.25, 0.3) is 5.91 Å². The van der Waals surface area contributed by atoms with Crippen LogP contribution in [0.4, 0.5) is 11.6 Å². The van der Waals surface area contributed by atoms with Gasteiger partial charge in [-0.15, -0.1) is 0 Å². The van der Waals surface area contributed by atoms with Gasteiger partial charge in [-0.3, -0.25) is 9.89 Å². The van der Waals surface area contributed by atoms with E-state index in [-0.39, 0.29) is 11.5 Å². The number of amides is 1. The van der Waals surface area contributed by atoms with Crippen LogP contribution in [0.25, 0.3) is 0 Å². The molecule has 0 unspecified atom stereocenters. The summed E-state index contributed by atoms with van der Waals surface area (Å²) in [5.74, 6) is -0.228. The van der Waals surface area contributed by atoms with Gasteiger partial charge in [-0.1, -0.05) is 0 Å². The number of rotatable bonds is 3. The molecule has 0 saturated heterocycles. The van der Waals surface area contributed by atoms with Crippen molar-refractivity contribution < 1.29 is 9.72 Å². The second-order valence-electron chi connectivity index (χ2n) is 3.40. The molecule has 2 heterocycles. The van der Waals surface area contributed by atoms with Crippen molar-refractivity contribution >= 4 is 17.5 Å². The molecule has 88 valence electrons. The molecular weight excluding hydrogens is 226 g/mol. The van der Waals surface area contributed by atoms with Crippen LogP contribution in [0.15, 0.2) is 18.3 Å². The van der Waals surface area contributed by atoms with E-state index in [4.69, 9.17) is 0 Å². The summed E-state index contributed by atoms with van der Waals surface area (Å²) in [6.07, 6.45) is 1.56. The lowest BCUT2D eigenvalue weighted by Gasteiger charge is -1.99. The number of hydrogen-bond donors (Lipinski definition) is 3. The van der Waals surface area contributed by atoms with Gasteiger partial charge in [-0.05, 0) is 17.9 Å². The molecule has 0 aliphatic rings. The molecule has 8 heteroatoms. The Bertz CT molecular complexity index is 571. The average Bonchev–Trinajstić information content (AvgIpc) is 2.88. The molecule has 0 aliphatic heterocycles. The number of anilines is 1. The SMILES string of the molecule is Cc1cn[nH]c1NC(=O)c1ccc([N+](=O)[O-])[nH]1. The van der Waals surface area contributed by atoms with E-state index in [1.165, 1.54) is 12.1 Å². The Hall–Kier alpha value is -2.64. The number of aromatic nitrogens is 3. The third kappa shape index (κ3) is 2.14. The van der Waals surface area contributed by atoms with Crippen molar-refractivity contribution in [1.29, 1.82) is 0 Å². The van der Waals surface area contributed by atoms with Crippen LogP contribution < -0.4 is 5.32 Å². The smallest absolute Gasteiger partial charge is 0.321 e. The van der Waals surface area contributed by atoms with E-state index in [0.717, 1.165) is 5.56 Å². The molecule has 0 bridgehead atoms. The zero-order chi connectivity index (χ0) is 12.4. The first-order valence-electron chi connectivity index (χ1n) is 4.72. The average molecular weight is 235 g/mol. The van der Waals surface area contributed by atoms with Gasteiger partial charge >= 0.3 is 5.82 Å². The van der Waals surface area contributed by atoms with Crippen LogP contribution in [0.1, 0.15) is 16.1 Å². The molecule has 2 aromatic heterocycles. The quantitative estimate of drug-likeness (QED) is 0.547. The van der Waals surface area contributed by atoms with E-state index >= 15 is 0 Å². The summed E-state index contributed by atoms with van der Waals surface area (Å²) >= 11 is 0. The summed E-state index contributed by atoms with van der Waals surface area (Å²) in [4.78, 5) is 23.9. The Balaban J connectivity index is 2.15. The maximum Gasteiger partial charge on any atom is 0.321 e. The Kier molecular flexibility index (Phi) is 2.61. The molecule has 2 aromatic rings. The zero-order valence-corrected chi connectivity index (χ0v) is 8.85. The summed E-state index contributed by atoms with van der Waals surface area (Å²) in [6.45, 7) is 1.77. The van der Waals surface area contributed by atoms with Gasteiger partial charge in [-0.2, -0.15) is 5.10 Å². The third-order valence-electron chi connectivity index (χ3n) is 2.18. The van der Waals surface area contributed by atoms with Gasteiger partial charge in [0.05, 0.1) is 6.20 Å². The number of nitrogens with one attached hydrogen (secondary N) is 3. The fourth-order valence-corrected chi connectivity index (χ4v) is 1.28. The van der Waals surface area contributed by atoms with Crippen molar-refractivity contribution in [3.63, 3.8) is 0 Å². The number of aromatic amines is 2. The Morgan fingerprint density at radius 3 is 2.82 bits per heavy atom. The first kappa shape index (κ1) is 10.9. The molecule has 0 atom stereocenters. The number of nitro groups is 1. The van der Waals surface area contributed by atoms with Crippen LogP contribution in [-0.2, 0) is 0 Å². The number of hydrogen-bond acceptors (Lipinski definition) is 4. The van der Waals surface area contributed by atoms with Crippen LogP contribution in [0.5, 0.6) is 0 Å². The number of nitrogens with zero attached hydrogens (tertiary/aromatic N) is 2. The van der Waals surface area contributed by atoms with Gasteiger partial charge in [0.1, 0.15) is 5.82 Å². The fraction of sp³-hybridized carbons (Fsp3) is 0.111. The van der Waals surface area contributed by atoms with Crippen molar-refractivity contribution in [3.8, 4) is 0 Å². The Morgan fingerprint density at radius 1 is 1.53 bits per heavy atom. The van der Waals surface area contributed by atoms with E-state index in [2.05, 4.69) is 20.5 Å². The third-order valence-corrected chi connectivity index (χ3v) is 2.18. The van der Waals surface area contributed by atoms with Crippen molar-refractivity contribution in [1.82, 2.24) is 15.2 Å². The van der Waals surface area contributed by atoms with Crippen molar-refractivity contribution in [2.75, 3.05) is 5.32 Å². The zero-order valence-electron chi connectivity index (χ0n) is 8.85. The lowest BCUT2D eigenvalue weighted by molar-refractivity contribution is -0.389. The molecule has 0 radical (unpaired) electrons. The Morgan fingerprint density at radius 2 is 2.29 bits per heavy atom. The lowest BCUT2D eigenvalue weighted by atomic mass is 10.3. The van der Waals surface area contributed by atoms with E-state index < -0.39 is 10.8 Å². The predicted molar refractivity (Wildman–Crippen MR) is 58.7 cm³/mol. The van der Waals surface area contributed by atoms with Crippen molar-refractivity contribution in [2.45, 2.75) is 6.92 Å². The van der Waals surface area contributed by atoms with Crippen LogP contribution in [-0.4, -0.2) is 26.0 Å². The van der Waals surface area contributed by atoms with Gasteiger partial charge in [-0.25, -0.2) is 4.98 Å². The minimum Gasteiger partial charge on any atom is -0.358 e. The highest BCUT2D eigenvalue weighted by Gasteiger charge is 2.16. The molecule has 17 heavy (non-hydrogen) atoms. The Labute approximate surface area is 95.2 Å². The van der Waals surface area contributed by atoms with Crippen molar-refractivity contribution in [3.05, 3.63) is 39.7 Å². The highest BCUT2D eigenvalue weighted by atomic mass is 16.6. The first-order valence-corrected chi connectivity index (χ1v) is 4.72. The summed E-state index contributed by atoms with van der Waals surface area (Å²) in [6, 6.07) is 2.58. The molecule has 0 aromatic carbocycles.